The molecule has 0 aliphatic rings. The number of hydrogen-bond acceptors (Lipinski definition) is 7. The second-order valence-corrected chi connectivity index (χ2v) is 9.62. The van der Waals surface area contributed by atoms with Crippen LogP contribution < -0.4 is 11.1 Å². The van der Waals surface area contributed by atoms with Gasteiger partial charge in [0.2, 0.25) is 0 Å². The third kappa shape index (κ3) is 4.25. The van der Waals surface area contributed by atoms with Gasteiger partial charge in [0.15, 0.2) is 11.5 Å². The second-order valence-electron chi connectivity index (χ2n) is 8.76. The van der Waals surface area contributed by atoms with Gasteiger partial charge in [0.25, 0.3) is 5.91 Å². The number of carbonyl (C=O) groups is 1. The van der Waals surface area contributed by atoms with Crippen LogP contribution in [0.2, 0.25) is 0 Å². The average molecular weight is 519 g/mol. The van der Waals surface area contributed by atoms with Crippen molar-refractivity contribution in [2.75, 3.05) is 5.73 Å². The molecule has 0 saturated carbocycles. The lowest BCUT2D eigenvalue weighted by molar-refractivity contribution is 0.0941. The van der Waals surface area contributed by atoms with Crippen LogP contribution in [0, 0.1) is 11.8 Å². The van der Waals surface area contributed by atoms with Crippen molar-refractivity contribution in [2.45, 2.75) is 13.0 Å². The molecule has 1 aromatic carbocycles. The highest BCUT2D eigenvalue weighted by Crippen LogP contribution is 2.34. The molecule has 5 heterocycles. The molecule has 0 radical (unpaired) electrons. The maximum absolute atomic E-state index is 13.3. The summed E-state index contributed by atoms with van der Waals surface area (Å²) in [4.78, 5) is 23.4. The summed E-state index contributed by atoms with van der Waals surface area (Å²) in [6, 6.07) is 15.3. The first-order valence-corrected chi connectivity index (χ1v) is 12.7. The van der Waals surface area contributed by atoms with Gasteiger partial charge in [-0.15, -0.1) is 16.4 Å². The van der Waals surface area contributed by atoms with Crippen LogP contribution >= 0.6 is 11.3 Å². The molecule has 9 nitrogen and oxygen atoms in total. The number of thiophene rings is 1. The van der Waals surface area contributed by atoms with E-state index in [0.29, 0.717) is 11.3 Å². The maximum atomic E-state index is 13.3. The van der Waals surface area contributed by atoms with Crippen molar-refractivity contribution in [3.05, 3.63) is 95.0 Å². The summed E-state index contributed by atoms with van der Waals surface area (Å²) in [6.45, 7) is 1.91. The Morgan fingerprint density at radius 1 is 1.11 bits per heavy atom. The second kappa shape index (κ2) is 9.46. The van der Waals surface area contributed by atoms with Crippen LogP contribution in [0.5, 0.6) is 0 Å². The summed E-state index contributed by atoms with van der Waals surface area (Å²) in [5, 5.41) is 14.5. The fourth-order valence-electron chi connectivity index (χ4n) is 4.32. The lowest BCUT2D eigenvalue weighted by Gasteiger charge is -2.18. The van der Waals surface area contributed by atoms with E-state index >= 15 is 0 Å². The van der Waals surface area contributed by atoms with Crippen molar-refractivity contribution < 1.29 is 4.79 Å². The first-order valence-electron chi connectivity index (χ1n) is 11.9. The van der Waals surface area contributed by atoms with E-state index in [1.54, 1.807) is 23.1 Å². The topological polar surface area (TPSA) is 116 Å². The number of amides is 1. The van der Waals surface area contributed by atoms with Gasteiger partial charge in [-0.2, -0.15) is 5.10 Å². The minimum Gasteiger partial charge on any atom is -0.381 e. The number of aromatic nitrogens is 6. The fraction of sp³-hybridized carbons (Fsp3) is 0.107. The SMILES string of the molecule is C[C@H](NC(=O)c1c(N)nn2cccnc12)c1nc2scc(C#Cc3ccn(C)n3)c2cc1-c1ccccc1. The van der Waals surface area contributed by atoms with E-state index in [4.69, 9.17) is 10.7 Å². The Morgan fingerprint density at radius 3 is 2.74 bits per heavy atom. The van der Waals surface area contributed by atoms with Crippen molar-refractivity contribution in [1.29, 1.82) is 0 Å². The highest BCUT2D eigenvalue weighted by Gasteiger charge is 2.24. The Kier molecular flexibility index (Phi) is 5.82. The van der Waals surface area contributed by atoms with Crippen molar-refractivity contribution in [3.63, 3.8) is 0 Å². The number of nitrogens with zero attached hydrogens (tertiary/aromatic N) is 6. The monoisotopic (exact) mass is 518 g/mol. The molecule has 3 N–H and O–H groups in total. The smallest absolute Gasteiger partial charge is 0.259 e. The highest BCUT2D eigenvalue weighted by atomic mass is 32.1. The highest BCUT2D eigenvalue weighted by molar-refractivity contribution is 7.17. The molecule has 0 bridgehead atoms. The van der Waals surface area contributed by atoms with Gasteiger partial charge in [-0.25, -0.2) is 14.5 Å². The Hall–Kier alpha value is -5.01. The zero-order chi connectivity index (χ0) is 26.2. The first kappa shape index (κ1) is 23.4. The molecule has 1 amide bonds. The lowest BCUT2D eigenvalue weighted by atomic mass is 9.98. The van der Waals surface area contributed by atoms with E-state index in [0.717, 1.165) is 32.6 Å². The summed E-state index contributed by atoms with van der Waals surface area (Å²) >= 11 is 1.52. The van der Waals surface area contributed by atoms with Gasteiger partial charge in [0.05, 0.1) is 11.7 Å². The molecule has 0 saturated heterocycles. The number of fused-ring (bicyclic) bond motifs is 2. The molecule has 0 spiro atoms. The first-order chi connectivity index (χ1) is 18.5. The molecular weight excluding hydrogens is 496 g/mol. The van der Waals surface area contributed by atoms with Crippen LogP contribution in [0.25, 0.3) is 27.0 Å². The Balaban J connectivity index is 1.40. The van der Waals surface area contributed by atoms with Gasteiger partial charge < -0.3 is 11.1 Å². The van der Waals surface area contributed by atoms with E-state index in [1.165, 1.54) is 15.9 Å². The van der Waals surface area contributed by atoms with Crippen molar-refractivity contribution >= 4 is 38.9 Å². The Bertz CT molecular complexity index is 1870. The molecule has 0 aliphatic carbocycles. The summed E-state index contributed by atoms with van der Waals surface area (Å²) in [5.41, 5.74) is 10.9. The van der Waals surface area contributed by atoms with Crippen LogP contribution in [-0.2, 0) is 7.05 Å². The van der Waals surface area contributed by atoms with Gasteiger partial charge >= 0.3 is 0 Å². The molecular formula is C28H22N8OS. The minimum atomic E-state index is -0.426. The number of hydrogen-bond donors (Lipinski definition) is 2. The quantitative estimate of drug-likeness (QED) is 0.338. The van der Waals surface area contributed by atoms with Crippen LogP contribution in [0.4, 0.5) is 5.82 Å². The Morgan fingerprint density at radius 2 is 1.95 bits per heavy atom. The zero-order valence-corrected chi connectivity index (χ0v) is 21.4. The molecule has 10 heteroatoms. The number of nitrogen functional groups attached to an aromatic ring is 1. The number of benzene rings is 1. The third-order valence-electron chi connectivity index (χ3n) is 6.13. The van der Waals surface area contributed by atoms with E-state index in [9.17, 15) is 4.79 Å². The van der Waals surface area contributed by atoms with Crippen LogP contribution in [0.1, 0.15) is 40.3 Å². The minimum absolute atomic E-state index is 0.120. The summed E-state index contributed by atoms with van der Waals surface area (Å²) < 4.78 is 3.22. The van der Waals surface area contributed by atoms with Crippen LogP contribution in [0.3, 0.4) is 0 Å². The predicted molar refractivity (Wildman–Crippen MR) is 148 cm³/mol. The molecule has 0 aliphatic heterocycles. The van der Waals surface area contributed by atoms with E-state index in [1.807, 2.05) is 61.9 Å². The van der Waals surface area contributed by atoms with Gasteiger partial charge in [-0.05, 0) is 36.6 Å². The number of pyridine rings is 1. The molecule has 6 rings (SSSR count). The summed E-state index contributed by atoms with van der Waals surface area (Å²) in [6.07, 6.45) is 5.17. The van der Waals surface area contributed by atoms with E-state index in [-0.39, 0.29) is 17.3 Å². The number of nitrogens with one attached hydrogen (secondary N) is 1. The number of aryl methyl sites for hydroxylation is 1. The molecule has 0 unspecified atom stereocenters. The Labute approximate surface area is 222 Å². The molecule has 6 aromatic rings. The number of nitrogens with two attached hydrogens (primary N) is 1. The molecule has 186 valence electrons. The van der Waals surface area contributed by atoms with Crippen LogP contribution in [-0.4, -0.2) is 35.3 Å². The van der Waals surface area contributed by atoms with Crippen molar-refractivity contribution in [3.8, 4) is 23.0 Å². The van der Waals surface area contributed by atoms with Crippen molar-refractivity contribution in [1.82, 2.24) is 34.7 Å². The molecule has 1 atom stereocenters. The normalized spacial score (nSPS) is 11.8. The predicted octanol–water partition coefficient (Wildman–Crippen LogP) is 4.21. The lowest BCUT2D eigenvalue weighted by Crippen LogP contribution is -2.28. The van der Waals surface area contributed by atoms with Gasteiger partial charge in [-0.1, -0.05) is 36.3 Å². The number of rotatable bonds is 4. The largest absolute Gasteiger partial charge is 0.381 e. The zero-order valence-electron chi connectivity index (χ0n) is 20.6. The van der Waals surface area contributed by atoms with Crippen LogP contribution in [0.15, 0.2) is 72.5 Å². The number of anilines is 1. The van der Waals surface area contributed by atoms with Crippen molar-refractivity contribution in [2.24, 2.45) is 7.05 Å². The number of carbonyl (C=O) groups excluding carboxylic acids is 1. The van der Waals surface area contributed by atoms with E-state index in [2.05, 4.69) is 38.4 Å². The van der Waals surface area contributed by atoms with Gasteiger partial charge in [0, 0.05) is 47.5 Å². The standard InChI is InChI=1S/C28H22N8OS/c1-17(31-27(37)23-25(29)34-36-13-6-12-30-26(23)36)24-21(18-7-4-3-5-8-18)15-22-19(16-38-28(22)32-24)9-10-20-11-14-35(2)33-20/h3-8,11-17H,1-2H3,(H2,29,34)(H,31,37)/t17-/m0/s1. The molecule has 0 fully saturated rings. The van der Waals surface area contributed by atoms with E-state index < -0.39 is 6.04 Å². The maximum Gasteiger partial charge on any atom is 0.259 e. The third-order valence-corrected chi connectivity index (χ3v) is 7.01. The average Bonchev–Trinajstić information content (AvgIpc) is 3.62. The fourth-order valence-corrected chi connectivity index (χ4v) is 5.18. The van der Waals surface area contributed by atoms with Gasteiger partial charge in [-0.3, -0.25) is 9.48 Å². The molecule has 38 heavy (non-hydrogen) atoms. The molecule has 5 aromatic heterocycles. The summed E-state index contributed by atoms with van der Waals surface area (Å²) in [7, 11) is 1.86. The summed E-state index contributed by atoms with van der Waals surface area (Å²) in [5.74, 6) is 6.13. The van der Waals surface area contributed by atoms with Gasteiger partial charge in [0.1, 0.15) is 16.1 Å².